The minimum atomic E-state index is -1.46. The first kappa shape index (κ1) is 46.3. The fourth-order valence-electron chi connectivity index (χ4n) is 6.40. The molecule has 0 aromatic heterocycles. The fraction of sp³-hybridized carbons (Fsp3) is 0.974. The molecular formula is C38H76N2O9. The van der Waals surface area contributed by atoms with Crippen LogP contribution in [-0.4, -0.2) is 106 Å². The van der Waals surface area contributed by atoms with Gasteiger partial charge < -0.3 is 51.2 Å². The molecule has 0 saturated carbocycles. The molecule has 0 spiro atoms. The van der Waals surface area contributed by atoms with Gasteiger partial charge in [0, 0.05) is 31.5 Å². The van der Waals surface area contributed by atoms with Crippen LogP contribution in [0.4, 0.5) is 0 Å². The third-order valence-electron chi connectivity index (χ3n) is 9.88. The van der Waals surface area contributed by atoms with E-state index < -0.39 is 43.4 Å². The van der Waals surface area contributed by atoms with Gasteiger partial charge in [-0.1, -0.05) is 103 Å². The topological polar surface area (TPSA) is 198 Å². The van der Waals surface area contributed by atoms with E-state index in [4.69, 9.17) is 25.7 Å². The lowest BCUT2D eigenvalue weighted by Crippen LogP contribution is -2.60. The van der Waals surface area contributed by atoms with Crippen molar-refractivity contribution in [1.29, 1.82) is 0 Å². The van der Waals surface area contributed by atoms with Crippen molar-refractivity contribution in [2.45, 2.75) is 223 Å². The number of Topliss-reactive ketones (excluding diaryl/α,β-unsaturated/α-hetero) is 1. The van der Waals surface area contributed by atoms with E-state index in [-0.39, 0.29) is 24.3 Å². The molecule has 0 bridgehead atoms. The number of aliphatic hydroxyl groups excluding tert-OH is 5. The number of ketones is 1. The van der Waals surface area contributed by atoms with Crippen LogP contribution in [0.15, 0.2) is 0 Å². The summed E-state index contributed by atoms with van der Waals surface area (Å²) in [5.74, 6) is 0.322. The number of carbonyl (C=O) groups is 1. The van der Waals surface area contributed by atoms with E-state index in [0.29, 0.717) is 25.0 Å². The summed E-state index contributed by atoms with van der Waals surface area (Å²) in [5.41, 5.74) is 11.8. The summed E-state index contributed by atoms with van der Waals surface area (Å²) in [6.45, 7) is 6.07. The molecule has 0 aliphatic carbocycles. The van der Waals surface area contributed by atoms with Crippen molar-refractivity contribution in [1.82, 2.24) is 0 Å². The van der Waals surface area contributed by atoms with Crippen molar-refractivity contribution >= 4 is 5.78 Å². The van der Waals surface area contributed by atoms with Crippen molar-refractivity contribution < 1.29 is 44.5 Å². The van der Waals surface area contributed by atoms with Crippen LogP contribution >= 0.6 is 0 Å². The van der Waals surface area contributed by atoms with Crippen molar-refractivity contribution in [3.63, 3.8) is 0 Å². The Labute approximate surface area is 297 Å². The van der Waals surface area contributed by atoms with Gasteiger partial charge in [0.1, 0.15) is 30.2 Å². The zero-order valence-electron chi connectivity index (χ0n) is 31.3. The first-order chi connectivity index (χ1) is 23.5. The Morgan fingerprint density at radius 3 is 1.78 bits per heavy atom. The first-order valence-electron chi connectivity index (χ1n) is 19.8. The molecule has 0 aromatic rings. The number of unbranched alkanes of at least 4 members (excludes halogenated alkanes) is 14. The Bertz CT molecular complexity index is 788. The van der Waals surface area contributed by atoms with Gasteiger partial charge in [-0.3, -0.25) is 4.79 Å². The normalized spacial score (nSPS) is 24.4. The number of carbonyl (C=O) groups excluding carboxylic acids is 1. The second-order valence-electron chi connectivity index (χ2n) is 14.7. The van der Waals surface area contributed by atoms with E-state index in [1.54, 1.807) is 0 Å². The van der Waals surface area contributed by atoms with Crippen molar-refractivity contribution in [3.8, 4) is 0 Å². The predicted octanol–water partition coefficient (Wildman–Crippen LogP) is 4.78. The highest BCUT2D eigenvalue weighted by Gasteiger charge is 2.45. The molecule has 1 saturated heterocycles. The van der Waals surface area contributed by atoms with E-state index in [9.17, 15) is 30.3 Å². The van der Waals surface area contributed by atoms with Crippen LogP contribution in [0.1, 0.15) is 162 Å². The summed E-state index contributed by atoms with van der Waals surface area (Å²) in [6, 6.07) is -0.474. The van der Waals surface area contributed by atoms with Crippen LogP contribution in [0.3, 0.4) is 0 Å². The number of hydrogen-bond acceptors (Lipinski definition) is 11. The van der Waals surface area contributed by atoms with Gasteiger partial charge in [0.15, 0.2) is 6.29 Å². The second kappa shape index (κ2) is 28.8. The zero-order chi connectivity index (χ0) is 36.4. The summed E-state index contributed by atoms with van der Waals surface area (Å²) in [6.07, 6.45) is 15.1. The molecule has 1 aliphatic rings. The van der Waals surface area contributed by atoms with Crippen LogP contribution < -0.4 is 11.5 Å². The van der Waals surface area contributed by atoms with Crippen molar-refractivity contribution in [3.05, 3.63) is 0 Å². The third-order valence-corrected chi connectivity index (χ3v) is 9.88. The van der Waals surface area contributed by atoms with E-state index >= 15 is 0 Å². The van der Waals surface area contributed by atoms with Crippen LogP contribution in [-0.2, 0) is 19.0 Å². The van der Waals surface area contributed by atoms with Gasteiger partial charge in [-0.05, 0) is 46.0 Å². The van der Waals surface area contributed by atoms with Crippen LogP contribution in [0.2, 0.25) is 0 Å². The van der Waals surface area contributed by atoms with Gasteiger partial charge in [0.05, 0.1) is 24.9 Å². The zero-order valence-corrected chi connectivity index (χ0v) is 31.3. The fourth-order valence-corrected chi connectivity index (χ4v) is 6.40. The minimum absolute atomic E-state index is 0.0447. The molecule has 9 N–H and O–H groups in total. The number of rotatable bonds is 32. The Morgan fingerprint density at radius 1 is 0.714 bits per heavy atom. The average Bonchev–Trinajstić information content (AvgIpc) is 3.07. The van der Waals surface area contributed by atoms with Crippen LogP contribution in [0.5, 0.6) is 0 Å². The van der Waals surface area contributed by atoms with E-state index in [1.165, 1.54) is 38.5 Å². The van der Waals surface area contributed by atoms with Crippen LogP contribution in [0.25, 0.3) is 0 Å². The van der Waals surface area contributed by atoms with Gasteiger partial charge in [-0.25, -0.2) is 0 Å². The molecule has 0 amide bonds. The van der Waals surface area contributed by atoms with Gasteiger partial charge in [-0.15, -0.1) is 0 Å². The highest BCUT2D eigenvalue weighted by Crippen LogP contribution is 2.25. The number of ether oxygens (including phenoxy) is 3. The summed E-state index contributed by atoms with van der Waals surface area (Å²) in [4.78, 5) is 12.7. The van der Waals surface area contributed by atoms with E-state index in [1.807, 2.05) is 13.8 Å². The predicted molar refractivity (Wildman–Crippen MR) is 194 cm³/mol. The molecule has 0 radical (unpaired) electrons. The molecule has 0 aromatic carbocycles. The smallest absolute Gasteiger partial charge is 0.187 e. The third kappa shape index (κ3) is 21.4. The lowest BCUT2D eigenvalue weighted by molar-refractivity contribution is -0.312. The van der Waals surface area contributed by atoms with E-state index in [0.717, 1.165) is 90.1 Å². The second-order valence-corrected chi connectivity index (χ2v) is 14.7. The summed E-state index contributed by atoms with van der Waals surface area (Å²) >= 11 is 0. The molecule has 1 rings (SSSR count). The van der Waals surface area contributed by atoms with Crippen molar-refractivity contribution in [2.24, 2.45) is 11.5 Å². The minimum Gasteiger partial charge on any atom is -0.394 e. The molecule has 292 valence electrons. The Kier molecular flexibility index (Phi) is 27.2. The van der Waals surface area contributed by atoms with Gasteiger partial charge in [0.25, 0.3) is 0 Å². The number of hydrogen-bond donors (Lipinski definition) is 7. The largest absolute Gasteiger partial charge is 0.394 e. The summed E-state index contributed by atoms with van der Waals surface area (Å²) in [7, 11) is 0. The SMILES string of the molecule is CCCCOC(CCCCCCCCCCCCC(OC1OC(CO)C(O)C(O)C1O)C(C)N)CC(=O)CCCCCCCC(O)C(C)N. The lowest BCUT2D eigenvalue weighted by atomic mass is 9.98. The quantitative estimate of drug-likeness (QED) is 0.0476. The molecule has 11 heteroatoms. The molecule has 1 aliphatic heterocycles. The van der Waals surface area contributed by atoms with Crippen LogP contribution in [0, 0.1) is 0 Å². The monoisotopic (exact) mass is 705 g/mol. The van der Waals surface area contributed by atoms with Gasteiger partial charge in [0.2, 0.25) is 0 Å². The Hall–Kier alpha value is -0.730. The summed E-state index contributed by atoms with van der Waals surface area (Å²) < 4.78 is 17.5. The van der Waals surface area contributed by atoms with Crippen molar-refractivity contribution in [2.75, 3.05) is 13.2 Å². The number of aliphatic hydroxyl groups is 5. The molecule has 11 nitrogen and oxygen atoms in total. The Balaban J connectivity index is 2.14. The molecular weight excluding hydrogens is 628 g/mol. The first-order valence-corrected chi connectivity index (χ1v) is 19.8. The lowest BCUT2D eigenvalue weighted by Gasteiger charge is -2.41. The highest BCUT2D eigenvalue weighted by atomic mass is 16.7. The van der Waals surface area contributed by atoms with Gasteiger partial charge >= 0.3 is 0 Å². The molecule has 49 heavy (non-hydrogen) atoms. The average molecular weight is 705 g/mol. The van der Waals surface area contributed by atoms with E-state index in [2.05, 4.69) is 6.92 Å². The molecule has 1 heterocycles. The molecule has 10 atom stereocenters. The molecule has 1 fully saturated rings. The highest BCUT2D eigenvalue weighted by molar-refractivity contribution is 5.78. The maximum atomic E-state index is 12.7. The standard InChI is InChI=1S/C38H76N2O9/c1-4-5-25-47-31(26-30(42)21-17-13-12-15-19-23-32(43)28(2)39)22-18-14-10-8-6-7-9-11-16-20-24-33(29(3)40)48-38-37(46)36(45)35(44)34(27-41)49-38/h28-29,31-38,41,43-46H,4-27,39-40H2,1-3H3. The molecule has 10 unspecified atom stereocenters. The van der Waals surface area contributed by atoms with Gasteiger partial charge in [-0.2, -0.15) is 0 Å². The summed E-state index contributed by atoms with van der Waals surface area (Å²) in [5, 5.41) is 49.5. The maximum Gasteiger partial charge on any atom is 0.187 e. The number of nitrogens with two attached hydrogens (primary N) is 2. The Morgan fingerprint density at radius 2 is 1.24 bits per heavy atom. The maximum absolute atomic E-state index is 12.7.